The zero-order valence-electron chi connectivity index (χ0n) is 24.6. The lowest BCUT2D eigenvalue weighted by Crippen LogP contribution is -2.83. The van der Waals surface area contributed by atoms with E-state index in [0.717, 1.165) is 0 Å². The number of furan rings is 2. The zero-order valence-corrected chi connectivity index (χ0v) is 24.6. The lowest BCUT2D eigenvalue weighted by molar-refractivity contribution is -0.355. The first-order valence-electron chi connectivity index (χ1n) is 14.3. The fourth-order valence-corrected chi connectivity index (χ4v) is 7.40. The van der Waals surface area contributed by atoms with Gasteiger partial charge >= 0.3 is 11.9 Å². The predicted octanol–water partition coefficient (Wildman–Crippen LogP) is 3.63. The summed E-state index contributed by atoms with van der Waals surface area (Å²) < 4.78 is 35.4. The number of carbonyl (C=O) groups excluding carboxylic acids is 2. The molecule has 0 radical (unpaired) electrons. The van der Waals surface area contributed by atoms with Crippen LogP contribution in [-0.2, 0) is 18.9 Å². The van der Waals surface area contributed by atoms with Crippen molar-refractivity contribution in [2.75, 3.05) is 6.61 Å². The van der Waals surface area contributed by atoms with E-state index in [1.54, 1.807) is 13.8 Å². The Morgan fingerprint density at radius 2 is 1.67 bits per heavy atom. The highest BCUT2D eigenvalue weighted by Crippen LogP contribution is 2.68. The van der Waals surface area contributed by atoms with Gasteiger partial charge in [-0.3, -0.25) is 0 Å². The number of hydrogen-bond acceptors (Lipinski definition) is 11. The summed E-state index contributed by atoms with van der Waals surface area (Å²) in [5, 5.41) is 35.7. The van der Waals surface area contributed by atoms with E-state index in [0.29, 0.717) is 12.2 Å². The van der Waals surface area contributed by atoms with Gasteiger partial charge in [-0.05, 0) is 45.7 Å². The maximum atomic E-state index is 13.4. The summed E-state index contributed by atoms with van der Waals surface area (Å²) in [5.74, 6) is -1.87. The Morgan fingerprint density at radius 1 is 1.07 bits per heavy atom. The number of aliphatic hydroxyl groups is 3. The van der Waals surface area contributed by atoms with Crippen molar-refractivity contribution >= 4 is 11.9 Å². The second-order valence-corrected chi connectivity index (χ2v) is 12.6. The highest BCUT2D eigenvalue weighted by molar-refractivity contribution is 5.89. The molecule has 3 heterocycles. The Labute approximate surface area is 244 Å². The van der Waals surface area contributed by atoms with Crippen LogP contribution in [0.1, 0.15) is 74.6 Å². The van der Waals surface area contributed by atoms with E-state index in [1.807, 2.05) is 13.8 Å². The average Bonchev–Trinajstić information content (AvgIpc) is 3.69. The molecule has 2 aromatic rings. The van der Waals surface area contributed by atoms with Gasteiger partial charge in [-0.2, -0.15) is 0 Å². The first kappa shape index (κ1) is 30.3. The van der Waals surface area contributed by atoms with Gasteiger partial charge in [0.2, 0.25) is 0 Å². The molecule has 11 heteroatoms. The number of ether oxygens (including phenoxy) is 4. The molecule has 1 aliphatic heterocycles. The molecule has 2 aromatic heterocycles. The molecule has 2 saturated carbocycles. The molecule has 11 nitrogen and oxygen atoms in total. The highest BCUT2D eigenvalue weighted by atomic mass is 16.6. The van der Waals surface area contributed by atoms with Crippen molar-refractivity contribution in [3.63, 3.8) is 0 Å². The molecule has 230 valence electrons. The van der Waals surface area contributed by atoms with Gasteiger partial charge in [0.05, 0.1) is 53.3 Å². The number of carbonyl (C=O) groups is 2. The molecule has 3 N–H and O–H groups in total. The van der Waals surface area contributed by atoms with Crippen LogP contribution in [0.5, 0.6) is 0 Å². The molecule has 0 unspecified atom stereocenters. The van der Waals surface area contributed by atoms with Crippen LogP contribution < -0.4 is 0 Å². The van der Waals surface area contributed by atoms with E-state index >= 15 is 0 Å². The van der Waals surface area contributed by atoms with Crippen molar-refractivity contribution in [1.82, 2.24) is 0 Å². The number of hydrogen-bond donors (Lipinski definition) is 3. The van der Waals surface area contributed by atoms with Crippen LogP contribution in [0.3, 0.4) is 0 Å². The van der Waals surface area contributed by atoms with Crippen molar-refractivity contribution in [2.24, 2.45) is 17.3 Å². The van der Waals surface area contributed by atoms with Crippen LogP contribution in [0.25, 0.3) is 0 Å². The van der Waals surface area contributed by atoms with Crippen LogP contribution in [0.4, 0.5) is 0 Å². The van der Waals surface area contributed by atoms with Gasteiger partial charge < -0.3 is 43.1 Å². The third-order valence-electron chi connectivity index (χ3n) is 9.82. The Kier molecular flexibility index (Phi) is 7.62. The van der Waals surface area contributed by atoms with E-state index < -0.39 is 71.1 Å². The summed E-state index contributed by atoms with van der Waals surface area (Å²) >= 11 is 0. The van der Waals surface area contributed by atoms with Crippen molar-refractivity contribution < 1.29 is 52.7 Å². The minimum absolute atomic E-state index is 0.0637. The average molecular weight is 589 g/mol. The fourth-order valence-electron chi connectivity index (χ4n) is 7.40. The third-order valence-corrected chi connectivity index (χ3v) is 9.82. The Morgan fingerprint density at radius 3 is 2.19 bits per heavy atom. The molecule has 1 saturated heterocycles. The van der Waals surface area contributed by atoms with Crippen LogP contribution in [0, 0.1) is 17.3 Å². The Balaban J connectivity index is 1.70. The number of rotatable bonds is 9. The second-order valence-electron chi connectivity index (χ2n) is 12.6. The van der Waals surface area contributed by atoms with Crippen molar-refractivity contribution in [3.8, 4) is 0 Å². The molecule has 2 bridgehead atoms. The van der Waals surface area contributed by atoms with Crippen LogP contribution >= 0.6 is 0 Å². The third kappa shape index (κ3) is 4.32. The van der Waals surface area contributed by atoms with E-state index in [9.17, 15) is 24.9 Å². The number of esters is 2. The van der Waals surface area contributed by atoms with Crippen molar-refractivity contribution in [2.45, 2.75) is 95.1 Å². The monoisotopic (exact) mass is 588 g/mol. The summed E-state index contributed by atoms with van der Waals surface area (Å²) in [6.07, 6.45) is 0.742. The van der Waals surface area contributed by atoms with Crippen molar-refractivity contribution in [3.05, 3.63) is 60.7 Å². The highest BCUT2D eigenvalue weighted by Gasteiger charge is 2.84. The number of allylic oxidation sites excluding steroid dienone is 1. The van der Waals surface area contributed by atoms with E-state index in [2.05, 4.69) is 6.58 Å². The number of aliphatic hydroxyl groups excluding tert-OH is 2. The molecule has 1 spiro atoms. The molecule has 9 atom stereocenters. The summed E-state index contributed by atoms with van der Waals surface area (Å²) in [4.78, 5) is 26.6. The van der Waals surface area contributed by atoms with Gasteiger partial charge in [0, 0.05) is 18.3 Å². The quantitative estimate of drug-likeness (QED) is 0.290. The molecule has 0 aromatic carbocycles. The van der Waals surface area contributed by atoms with E-state index in [-0.39, 0.29) is 29.9 Å². The number of fused-ring (bicyclic) bond motifs is 1. The summed E-state index contributed by atoms with van der Waals surface area (Å²) in [6.45, 7) is 12.3. The molecule has 3 fully saturated rings. The molecule has 5 rings (SSSR count). The smallest absolute Gasteiger partial charge is 0.341 e. The van der Waals surface area contributed by atoms with Crippen LogP contribution in [-0.4, -0.2) is 75.1 Å². The van der Waals surface area contributed by atoms with Crippen LogP contribution in [0.2, 0.25) is 0 Å². The molecule has 42 heavy (non-hydrogen) atoms. The normalized spacial score (nSPS) is 37.4. The molecular formula is C31H40O11. The summed E-state index contributed by atoms with van der Waals surface area (Å²) in [6, 6.07) is 2.88. The Hall–Kier alpha value is -3.12. The Bertz CT molecular complexity index is 1300. The summed E-state index contributed by atoms with van der Waals surface area (Å²) in [5.41, 5.74) is -6.35. The minimum atomic E-state index is -1.90. The predicted molar refractivity (Wildman–Crippen MR) is 146 cm³/mol. The largest absolute Gasteiger partial charge is 0.490 e. The van der Waals surface area contributed by atoms with Crippen molar-refractivity contribution in [1.29, 1.82) is 0 Å². The zero-order chi connectivity index (χ0) is 30.7. The molecule has 3 aliphatic rings. The minimum Gasteiger partial charge on any atom is -0.490 e. The fraction of sp³-hybridized carbons (Fsp3) is 0.613. The summed E-state index contributed by atoms with van der Waals surface area (Å²) in [7, 11) is 0. The molecule has 0 amide bonds. The van der Waals surface area contributed by atoms with E-state index in [1.165, 1.54) is 44.1 Å². The SMILES string of the molecule is C=C(O[C@H]1[C@@H](OC(=O)c2ccoc2)C[C@@](C)(O)[C@]23OC(C)(C)[C@H](C[C@@H](OC(=O)c4ccoc4)[C@]12CO)[C@H]3O)[C@H](C)CC. The topological polar surface area (TPSA) is 158 Å². The van der Waals surface area contributed by atoms with Crippen LogP contribution in [0.15, 0.2) is 58.4 Å². The van der Waals surface area contributed by atoms with E-state index in [4.69, 9.17) is 27.8 Å². The van der Waals surface area contributed by atoms with Gasteiger partial charge in [-0.25, -0.2) is 9.59 Å². The van der Waals surface area contributed by atoms with Gasteiger partial charge in [0.25, 0.3) is 0 Å². The lowest BCUT2D eigenvalue weighted by Gasteiger charge is -2.65. The van der Waals surface area contributed by atoms with Gasteiger partial charge in [-0.1, -0.05) is 20.4 Å². The maximum absolute atomic E-state index is 13.4. The van der Waals surface area contributed by atoms with Gasteiger partial charge in [0.15, 0.2) is 0 Å². The second kappa shape index (κ2) is 10.6. The standard InChI is InChI=1S/C31H40O11/c1-7-17(2)18(3)39-25-22(40-26(34)19-8-10-37-14-19)13-29(6,36)31-24(33)21(28(4,5)42-31)12-23(30(25,31)16-32)41-27(35)20-9-11-38-15-20/h8-11,14-15,17,21-25,32-33,36H,3,7,12-13,16H2,1-2,4-6H3/t17-,21-,22+,23-,24-,25+,29-,30-,31+/m1/s1. The first-order chi connectivity index (χ1) is 19.8. The first-order valence-corrected chi connectivity index (χ1v) is 14.3. The molecular weight excluding hydrogens is 548 g/mol. The molecule has 2 aliphatic carbocycles. The lowest BCUT2D eigenvalue weighted by atomic mass is 9.46. The van der Waals surface area contributed by atoms with Gasteiger partial charge in [0.1, 0.15) is 41.9 Å². The van der Waals surface area contributed by atoms with Gasteiger partial charge in [-0.15, -0.1) is 0 Å². The maximum Gasteiger partial charge on any atom is 0.341 e.